The van der Waals surface area contributed by atoms with Gasteiger partial charge in [-0.2, -0.15) is 0 Å². The van der Waals surface area contributed by atoms with Crippen LogP contribution >= 0.6 is 22.6 Å². The van der Waals surface area contributed by atoms with E-state index in [2.05, 4.69) is 27.5 Å². The van der Waals surface area contributed by atoms with Gasteiger partial charge < -0.3 is 4.74 Å². The first-order valence-corrected chi connectivity index (χ1v) is 6.58. The summed E-state index contributed by atoms with van der Waals surface area (Å²) in [4.78, 5) is 2.64. The monoisotopic (exact) mass is 295 g/mol. The van der Waals surface area contributed by atoms with Crippen molar-refractivity contribution in [3.05, 3.63) is 0 Å². The Hall–Kier alpha value is 0.650. The fourth-order valence-corrected chi connectivity index (χ4v) is 3.64. The zero-order chi connectivity index (χ0) is 9.10. The van der Waals surface area contributed by atoms with Gasteiger partial charge >= 0.3 is 0 Å². The Balaban J connectivity index is 1.88. The van der Waals surface area contributed by atoms with Crippen LogP contribution in [0.4, 0.5) is 0 Å². The Morgan fingerprint density at radius 2 is 1.77 bits per heavy atom. The largest absolute Gasteiger partial charge is 0.379 e. The molecule has 2 nitrogen and oxygen atoms in total. The van der Waals surface area contributed by atoms with Gasteiger partial charge in [-0.25, -0.2) is 0 Å². The van der Waals surface area contributed by atoms with Gasteiger partial charge in [-0.15, -0.1) is 0 Å². The minimum atomic E-state index is 0.846. The van der Waals surface area contributed by atoms with Crippen molar-refractivity contribution >= 4 is 22.6 Å². The average molecular weight is 295 g/mol. The van der Waals surface area contributed by atoms with Crippen LogP contribution in [-0.2, 0) is 4.74 Å². The SMILES string of the molecule is I[C@H]1CCCC[C@@H]1N1CCOCC1. The van der Waals surface area contributed by atoms with Crippen molar-refractivity contribution in [3.8, 4) is 0 Å². The van der Waals surface area contributed by atoms with Gasteiger partial charge in [0.2, 0.25) is 0 Å². The van der Waals surface area contributed by atoms with Crippen molar-refractivity contribution in [1.29, 1.82) is 0 Å². The summed E-state index contributed by atoms with van der Waals surface area (Å²) in [5.74, 6) is 0. The summed E-state index contributed by atoms with van der Waals surface area (Å²) in [5, 5.41) is 0. The molecule has 1 saturated carbocycles. The number of alkyl halides is 1. The molecule has 76 valence electrons. The van der Waals surface area contributed by atoms with Crippen LogP contribution in [-0.4, -0.2) is 41.2 Å². The number of halogens is 1. The minimum Gasteiger partial charge on any atom is -0.379 e. The van der Waals surface area contributed by atoms with E-state index < -0.39 is 0 Å². The van der Waals surface area contributed by atoms with Crippen LogP contribution in [0.25, 0.3) is 0 Å². The first-order chi connectivity index (χ1) is 6.38. The van der Waals surface area contributed by atoms with Crippen LogP contribution in [0.1, 0.15) is 25.7 Å². The molecule has 0 aromatic rings. The highest BCUT2D eigenvalue weighted by molar-refractivity contribution is 14.1. The summed E-state index contributed by atoms with van der Waals surface area (Å²) in [6.07, 6.45) is 5.70. The van der Waals surface area contributed by atoms with E-state index in [0.717, 1.165) is 36.3 Å². The van der Waals surface area contributed by atoms with Gasteiger partial charge in [-0.05, 0) is 12.8 Å². The third kappa shape index (κ3) is 2.57. The molecular weight excluding hydrogens is 277 g/mol. The topological polar surface area (TPSA) is 12.5 Å². The summed E-state index contributed by atoms with van der Waals surface area (Å²) in [5.41, 5.74) is 0. The molecule has 2 atom stereocenters. The van der Waals surface area contributed by atoms with Crippen LogP contribution in [0, 0.1) is 0 Å². The maximum atomic E-state index is 5.38. The van der Waals surface area contributed by atoms with Crippen molar-refractivity contribution in [1.82, 2.24) is 4.90 Å². The predicted octanol–water partition coefficient (Wildman–Crippen LogP) is 2.06. The summed E-state index contributed by atoms with van der Waals surface area (Å²) in [6.45, 7) is 4.20. The molecule has 2 fully saturated rings. The number of hydrogen-bond acceptors (Lipinski definition) is 2. The van der Waals surface area contributed by atoms with Crippen molar-refractivity contribution < 1.29 is 4.74 Å². The zero-order valence-electron chi connectivity index (χ0n) is 8.04. The first-order valence-electron chi connectivity index (χ1n) is 5.34. The van der Waals surface area contributed by atoms with E-state index in [1.54, 1.807) is 0 Å². The molecule has 3 heteroatoms. The van der Waals surface area contributed by atoms with E-state index in [1.165, 1.54) is 25.7 Å². The summed E-state index contributed by atoms with van der Waals surface area (Å²) in [7, 11) is 0. The van der Waals surface area contributed by atoms with Gasteiger partial charge in [0.25, 0.3) is 0 Å². The van der Waals surface area contributed by atoms with Crippen molar-refractivity contribution in [3.63, 3.8) is 0 Å². The third-order valence-corrected chi connectivity index (χ3v) is 4.61. The Bertz CT molecular complexity index is 159. The van der Waals surface area contributed by atoms with Gasteiger partial charge in [0.1, 0.15) is 0 Å². The first kappa shape index (κ1) is 10.2. The second-order valence-corrected chi connectivity index (χ2v) is 5.62. The lowest BCUT2D eigenvalue weighted by Gasteiger charge is -2.39. The fourth-order valence-electron chi connectivity index (χ4n) is 2.39. The molecule has 0 aromatic carbocycles. The second kappa shape index (κ2) is 4.94. The molecule has 0 spiro atoms. The van der Waals surface area contributed by atoms with Gasteiger partial charge in [0.05, 0.1) is 13.2 Å². The lowest BCUT2D eigenvalue weighted by molar-refractivity contribution is 0.0113. The van der Waals surface area contributed by atoms with Crippen LogP contribution in [0.2, 0.25) is 0 Å². The lowest BCUT2D eigenvalue weighted by atomic mass is 9.94. The van der Waals surface area contributed by atoms with Crippen molar-refractivity contribution in [2.75, 3.05) is 26.3 Å². The van der Waals surface area contributed by atoms with Crippen LogP contribution in [0.3, 0.4) is 0 Å². The molecule has 0 N–H and O–H groups in total. The van der Waals surface area contributed by atoms with Gasteiger partial charge in [0, 0.05) is 23.1 Å². The lowest BCUT2D eigenvalue weighted by Crippen LogP contribution is -2.48. The number of rotatable bonds is 1. The molecule has 1 heterocycles. The zero-order valence-corrected chi connectivity index (χ0v) is 10.2. The smallest absolute Gasteiger partial charge is 0.0594 e. The Morgan fingerprint density at radius 3 is 2.46 bits per heavy atom. The molecule has 2 rings (SSSR count). The van der Waals surface area contributed by atoms with E-state index in [1.807, 2.05) is 0 Å². The van der Waals surface area contributed by atoms with Crippen LogP contribution < -0.4 is 0 Å². The average Bonchev–Trinajstić information content (AvgIpc) is 2.20. The normalized spacial score (nSPS) is 37.6. The van der Waals surface area contributed by atoms with Gasteiger partial charge in [-0.3, -0.25) is 4.90 Å². The molecule has 1 saturated heterocycles. The molecule has 2 aliphatic rings. The number of hydrogen-bond donors (Lipinski definition) is 0. The standard InChI is InChI=1S/C10H18INO/c11-9-3-1-2-4-10(9)12-5-7-13-8-6-12/h9-10H,1-8H2/t9-,10-/m0/s1. The van der Waals surface area contributed by atoms with E-state index in [4.69, 9.17) is 4.74 Å². The molecule has 0 radical (unpaired) electrons. The van der Waals surface area contributed by atoms with Gasteiger partial charge in [0.15, 0.2) is 0 Å². The number of nitrogens with zero attached hydrogens (tertiary/aromatic N) is 1. The van der Waals surface area contributed by atoms with Crippen molar-refractivity contribution in [2.24, 2.45) is 0 Å². The fraction of sp³-hybridized carbons (Fsp3) is 1.00. The van der Waals surface area contributed by atoms with E-state index >= 15 is 0 Å². The molecule has 0 unspecified atom stereocenters. The maximum Gasteiger partial charge on any atom is 0.0594 e. The van der Waals surface area contributed by atoms with E-state index in [-0.39, 0.29) is 0 Å². The van der Waals surface area contributed by atoms with E-state index in [0.29, 0.717) is 0 Å². The Morgan fingerprint density at radius 1 is 1.08 bits per heavy atom. The van der Waals surface area contributed by atoms with E-state index in [9.17, 15) is 0 Å². The summed E-state index contributed by atoms with van der Waals surface area (Å²) in [6, 6.07) is 0.846. The molecule has 0 aromatic heterocycles. The second-order valence-electron chi connectivity index (χ2n) is 4.02. The predicted molar refractivity (Wildman–Crippen MR) is 62.5 cm³/mol. The highest BCUT2D eigenvalue weighted by Crippen LogP contribution is 2.29. The molecule has 1 aliphatic carbocycles. The molecule has 0 bridgehead atoms. The molecule has 0 amide bonds. The van der Waals surface area contributed by atoms with Crippen LogP contribution in [0.5, 0.6) is 0 Å². The summed E-state index contributed by atoms with van der Waals surface area (Å²) < 4.78 is 6.26. The Labute approximate surface area is 94.1 Å². The quantitative estimate of drug-likeness (QED) is 0.542. The number of morpholine rings is 1. The van der Waals surface area contributed by atoms with Gasteiger partial charge in [-0.1, -0.05) is 35.4 Å². The highest BCUT2D eigenvalue weighted by Gasteiger charge is 2.28. The maximum absolute atomic E-state index is 5.38. The molecule has 13 heavy (non-hydrogen) atoms. The Kier molecular flexibility index (Phi) is 3.86. The van der Waals surface area contributed by atoms with Crippen LogP contribution in [0.15, 0.2) is 0 Å². The minimum absolute atomic E-state index is 0.846. The van der Waals surface area contributed by atoms with Crippen molar-refractivity contribution in [2.45, 2.75) is 35.6 Å². The summed E-state index contributed by atoms with van der Waals surface area (Å²) >= 11 is 2.64. The molecule has 1 aliphatic heterocycles. The number of ether oxygens (including phenoxy) is 1. The molecular formula is C10H18INO. The highest BCUT2D eigenvalue weighted by atomic mass is 127. The third-order valence-electron chi connectivity index (χ3n) is 3.16.